The summed E-state index contributed by atoms with van der Waals surface area (Å²) in [7, 11) is 3.47. The van der Waals surface area contributed by atoms with Gasteiger partial charge in [-0.3, -0.25) is 4.79 Å². The zero-order valence-corrected chi connectivity index (χ0v) is 16.0. The highest BCUT2D eigenvalue weighted by Gasteiger charge is 2.06. The second-order valence-electron chi connectivity index (χ2n) is 6.10. The summed E-state index contributed by atoms with van der Waals surface area (Å²) in [5, 5.41) is 7.08. The number of nitrogens with one attached hydrogen (secondary N) is 2. The lowest BCUT2D eigenvalue weighted by atomic mass is 10.1. The van der Waals surface area contributed by atoms with E-state index in [4.69, 9.17) is 11.6 Å². The van der Waals surface area contributed by atoms with Gasteiger partial charge in [-0.2, -0.15) is 0 Å². The summed E-state index contributed by atoms with van der Waals surface area (Å²) in [6.07, 6.45) is 0.879. The van der Waals surface area contributed by atoms with Gasteiger partial charge in [0.15, 0.2) is 5.96 Å². The first-order chi connectivity index (χ1) is 12.5. The first-order valence-corrected chi connectivity index (χ1v) is 8.93. The molecule has 0 aliphatic carbocycles. The van der Waals surface area contributed by atoms with Crippen LogP contribution in [0.1, 0.15) is 11.1 Å². The van der Waals surface area contributed by atoms with Gasteiger partial charge in [0.2, 0.25) is 5.91 Å². The smallest absolute Gasteiger partial charge is 0.241 e. The average Bonchev–Trinajstić information content (AvgIpc) is 2.65. The summed E-state index contributed by atoms with van der Waals surface area (Å²) in [5.74, 6) is 0.611. The topological polar surface area (TPSA) is 56.7 Å². The Morgan fingerprint density at radius 3 is 2.35 bits per heavy atom. The monoisotopic (exact) mass is 372 g/mol. The minimum atomic E-state index is -0.00551. The summed E-state index contributed by atoms with van der Waals surface area (Å²) in [6, 6.07) is 17.8. The Kier molecular flexibility index (Phi) is 7.96. The van der Waals surface area contributed by atoms with E-state index in [0.717, 1.165) is 18.5 Å². The van der Waals surface area contributed by atoms with Crippen LogP contribution >= 0.6 is 11.6 Å². The summed E-state index contributed by atoms with van der Waals surface area (Å²) in [4.78, 5) is 17.9. The molecule has 5 nitrogen and oxygen atoms in total. The predicted molar refractivity (Wildman–Crippen MR) is 107 cm³/mol. The number of amides is 1. The van der Waals surface area contributed by atoms with Crippen molar-refractivity contribution >= 4 is 23.5 Å². The van der Waals surface area contributed by atoms with E-state index in [1.165, 1.54) is 5.56 Å². The van der Waals surface area contributed by atoms with Crippen LogP contribution in [0.5, 0.6) is 0 Å². The normalized spacial score (nSPS) is 11.1. The Bertz CT molecular complexity index is 714. The fourth-order valence-electron chi connectivity index (χ4n) is 2.22. The summed E-state index contributed by atoms with van der Waals surface area (Å²) in [5.41, 5.74) is 2.30. The molecule has 2 rings (SSSR count). The second-order valence-corrected chi connectivity index (χ2v) is 6.53. The summed E-state index contributed by atoms with van der Waals surface area (Å²) in [6.45, 7) is 1.44. The third-order valence-corrected chi connectivity index (χ3v) is 4.04. The van der Waals surface area contributed by atoms with Crippen LogP contribution in [-0.4, -0.2) is 44.0 Å². The molecule has 0 unspecified atom stereocenters. The van der Waals surface area contributed by atoms with Crippen molar-refractivity contribution < 1.29 is 4.79 Å². The SMILES string of the molecule is CN(C)C(=O)CNC(=NCc1ccc(Cl)cc1)NCCc1ccccc1. The van der Waals surface area contributed by atoms with Crippen molar-refractivity contribution in [3.63, 3.8) is 0 Å². The Morgan fingerprint density at radius 2 is 1.69 bits per heavy atom. The molecule has 0 aliphatic heterocycles. The Morgan fingerprint density at radius 1 is 1.00 bits per heavy atom. The molecule has 6 heteroatoms. The van der Waals surface area contributed by atoms with Crippen molar-refractivity contribution in [1.29, 1.82) is 0 Å². The van der Waals surface area contributed by atoms with E-state index in [0.29, 0.717) is 17.5 Å². The van der Waals surface area contributed by atoms with Gasteiger partial charge in [-0.05, 0) is 29.7 Å². The van der Waals surface area contributed by atoms with Crippen LogP contribution in [0.15, 0.2) is 59.6 Å². The van der Waals surface area contributed by atoms with E-state index in [-0.39, 0.29) is 12.5 Å². The number of aliphatic imine (C=N–C) groups is 1. The van der Waals surface area contributed by atoms with Crippen LogP contribution in [0.4, 0.5) is 0 Å². The van der Waals surface area contributed by atoms with Crippen molar-refractivity contribution in [3.05, 3.63) is 70.7 Å². The lowest BCUT2D eigenvalue weighted by Crippen LogP contribution is -2.43. The number of carbonyl (C=O) groups excluding carboxylic acids is 1. The first kappa shape index (κ1) is 19.8. The van der Waals surface area contributed by atoms with E-state index in [9.17, 15) is 4.79 Å². The number of halogens is 1. The minimum absolute atomic E-state index is 0.00551. The van der Waals surface area contributed by atoms with Crippen molar-refractivity contribution in [3.8, 4) is 0 Å². The highest BCUT2D eigenvalue weighted by atomic mass is 35.5. The number of likely N-dealkylation sites (N-methyl/N-ethyl adjacent to an activating group) is 1. The van der Waals surface area contributed by atoms with Crippen LogP contribution in [0.2, 0.25) is 5.02 Å². The van der Waals surface area contributed by atoms with Gasteiger partial charge in [-0.1, -0.05) is 54.1 Å². The third-order valence-electron chi connectivity index (χ3n) is 3.79. The fraction of sp³-hybridized carbons (Fsp3) is 0.300. The zero-order chi connectivity index (χ0) is 18.8. The zero-order valence-electron chi connectivity index (χ0n) is 15.2. The summed E-state index contributed by atoms with van der Waals surface area (Å²) < 4.78 is 0. The molecule has 2 aromatic rings. The van der Waals surface area contributed by atoms with Crippen molar-refractivity contribution in [1.82, 2.24) is 15.5 Å². The Hall–Kier alpha value is -2.53. The fourth-order valence-corrected chi connectivity index (χ4v) is 2.35. The molecule has 0 heterocycles. The van der Waals surface area contributed by atoms with Gasteiger partial charge in [0.25, 0.3) is 0 Å². The van der Waals surface area contributed by atoms with Gasteiger partial charge in [-0.25, -0.2) is 4.99 Å². The number of rotatable bonds is 7. The highest BCUT2D eigenvalue weighted by Crippen LogP contribution is 2.10. The van der Waals surface area contributed by atoms with Crippen LogP contribution in [0.25, 0.3) is 0 Å². The lowest BCUT2D eigenvalue weighted by molar-refractivity contribution is -0.127. The standard InChI is InChI=1S/C20H25ClN4O/c1-25(2)19(26)15-24-20(22-13-12-16-6-4-3-5-7-16)23-14-17-8-10-18(21)11-9-17/h3-11H,12-15H2,1-2H3,(H2,22,23,24). The molecule has 2 N–H and O–H groups in total. The molecule has 138 valence electrons. The van der Waals surface area contributed by atoms with E-state index in [1.807, 2.05) is 42.5 Å². The minimum Gasteiger partial charge on any atom is -0.356 e. The molecule has 2 aromatic carbocycles. The molecule has 0 aliphatic rings. The van der Waals surface area contributed by atoms with E-state index < -0.39 is 0 Å². The maximum Gasteiger partial charge on any atom is 0.241 e. The largest absolute Gasteiger partial charge is 0.356 e. The van der Waals surface area contributed by atoms with E-state index >= 15 is 0 Å². The maximum absolute atomic E-state index is 11.8. The molecular weight excluding hydrogens is 348 g/mol. The van der Waals surface area contributed by atoms with Gasteiger partial charge < -0.3 is 15.5 Å². The third kappa shape index (κ3) is 7.15. The lowest BCUT2D eigenvalue weighted by Gasteiger charge is -2.15. The van der Waals surface area contributed by atoms with Crippen LogP contribution in [0.3, 0.4) is 0 Å². The first-order valence-electron chi connectivity index (χ1n) is 8.55. The number of hydrogen-bond acceptors (Lipinski definition) is 2. The molecular formula is C20H25ClN4O. The van der Waals surface area contributed by atoms with Gasteiger partial charge in [0, 0.05) is 25.7 Å². The van der Waals surface area contributed by atoms with E-state index in [2.05, 4.69) is 27.8 Å². The van der Waals surface area contributed by atoms with Gasteiger partial charge in [0.1, 0.15) is 0 Å². The van der Waals surface area contributed by atoms with Crippen LogP contribution in [0, 0.1) is 0 Å². The molecule has 26 heavy (non-hydrogen) atoms. The molecule has 1 amide bonds. The number of nitrogens with zero attached hydrogens (tertiary/aromatic N) is 2. The van der Waals surface area contributed by atoms with Crippen LogP contribution in [-0.2, 0) is 17.8 Å². The number of benzene rings is 2. The summed E-state index contributed by atoms with van der Waals surface area (Å²) >= 11 is 5.91. The average molecular weight is 373 g/mol. The van der Waals surface area contributed by atoms with Gasteiger partial charge >= 0.3 is 0 Å². The Balaban J connectivity index is 1.94. The number of guanidine groups is 1. The number of hydrogen-bond donors (Lipinski definition) is 2. The molecule has 0 saturated carbocycles. The molecule has 0 fully saturated rings. The second kappa shape index (κ2) is 10.5. The quantitative estimate of drug-likeness (QED) is 0.580. The van der Waals surface area contributed by atoms with Crippen molar-refractivity contribution in [2.24, 2.45) is 4.99 Å². The number of carbonyl (C=O) groups is 1. The highest BCUT2D eigenvalue weighted by molar-refractivity contribution is 6.30. The molecule has 0 atom stereocenters. The van der Waals surface area contributed by atoms with E-state index in [1.54, 1.807) is 19.0 Å². The molecule has 0 radical (unpaired) electrons. The molecule has 0 aromatic heterocycles. The Labute approximate surface area is 160 Å². The molecule has 0 saturated heterocycles. The van der Waals surface area contributed by atoms with Crippen molar-refractivity contribution in [2.75, 3.05) is 27.2 Å². The maximum atomic E-state index is 11.8. The molecule has 0 bridgehead atoms. The molecule has 0 spiro atoms. The van der Waals surface area contributed by atoms with Crippen molar-refractivity contribution in [2.45, 2.75) is 13.0 Å². The van der Waals surface area contributed by atoms with Gasteiger partial charge in [0.05, 0.1) is 13.1 Å². The van der Waals surface area contributed by atoms with Gasteiger partial charge in [-0.15, -0.1) is 0 Å². The predicted octanol–water partition coefficient (Wildman–Crippen LogP) is 2.71. The van der Waals surface area contributed by atoms with Crippen LogP contribution < -0.4 is 10.6 Å².